The highest BCUT2D eigenvalue weighted by Crippen LogP contribution is 2.30. The van der Waals surface area contributed by atoms with E-state index in [0.717, 1.165) is 22.6 Å². The summed E-state index contributed by atoms with van der Waals surface area (Å²) in [6.45, 7) is 3.49. The molecule has 0 spiro atoms. The zero-order valence-corrected chi connectivity index (χ0v) is 19.2. The maximum Gasteiger partial charge on any atom is 0.289 e. The summed E-state index contributed by atoms with van der Waals surface area (Å²) in [6, 6.07) is 11.1. The minimum atomic E-state index is -0.374. The lowest BCUT2D eigenvalue weighted by atomic mass is 10.1. The van der Waals surface area contributed by atoms with Gasteiger partial charge < -0.3 is 15.0 Å². The predicted octanol–water partition coefficient (Wildman–Crippen LogP) is 3.68. The van der Waals surface area contributed by atoms with Gasteiger partial charge in [0.15, 0.2) is 0 Å². The van der Waals surface area contributed by atoms with Gasteiger partial charge in [0.1, 0.15) is 23.8 Å². The second-order valence-electron chi connectivity index (χ2n) is 7.64. The van der Waals surface area contributed by atoms with Crippen LogP contribution in [0, 0.1) is 12.3 Å². The topological polar surface area (TPSA) is 112 Å². The van der Waals surface area contributed by atoms with E-state index in [1.54, 1.807) is 28.9 Å². The smallest absolute Gasteiger partial charge is 0.289 e. The number of hydrogen-bond donors (Lipinski definition) is 2. The quantitative estimate of drug-likeness (QED) is 0.573. The van der Waals surface area contributed by atoms with E-state index < -0.39 is 0 Å². The number of aromatic nitrogens is 2. The molecule has 0 aliphatic carbocycles. The van der Waals surface area contributed by atoms with Gasteiger partial charge in [-0.2, -0.15) is 0 Å². The van der Waals surface area contributed by atoms with E-state index in [-0.39, 0.29) is 23.7 Å². The van der Waals surface area contributed by atoms with Crippen molar-refractivity contribution in [1.82, 2.24) is 14.9 Å². The van der Waals surface area contributed by atoms with Crippen molar-refractivity contribution in [2.45, 2.75) is 20.0 Å². The third kappa shape index (κ3) is 4.14. The summed E-state index contributed by atoms with van der Waals surface area (Å²) < 4.78 is 5.73. The fourth-order valence-corrected chi connectivity index (χ4v) is 4.84. The SMILES string of the molecule is Cc1nc2c(c(NC(=O)c3ccc(Cl)s3)n1)C(=O)N(Cc1cccc(N3CCOC3=N)c1)C2. The summed E-state index contributed by atoms with van der Waals surface area (Å²) in [5.74, 6) is 0.0574. The van der Waals surface area contributed by atoms with Gasteiger partial charge in [0, 0.05) is 12.2 Å². The van der Waals surface area contributed by atoms with Crippen LogP contribution in [0.2, 0.25) is 4.34 Å². The molecule has 5 rings (SSSR count). The second kappa shape index (κ2) is 8.45. The Labute approximate surface area is 198 Å². The molecule has 0 atom stereocenters. The van der Waals surface area contributed by atoms with Crippen LogP contribution in [0.3, 0.4) is 0 Å². The first-order valence-corrected chi connectivity index (χ1v) is 11.4. The van der Waals surface area contributed by atoms with E-state index in [9.17, 15) is 9.59 Å². The molecule has 0 saturated carbocycles. The van der Waals surface area contributed by atoms with E-state index in [1.807, 2.05) is 24.3 Å². The van der Waals surface area contributed by atoms with Crippen molar-refractivity contribution in [3.8, 4) is 0 Å². The van der Waals surface area contributed by atoms with Crippen LogP contribution < -0.4 is 10.2 Å². The number of aryl methyl sites for hydroxylation is 1. The van der Waals surface area contributed by atoms with Crippen LogP contribution in [0.15, 0.2) is 36.4 Å². The monoisotopic (exact) mass is 482 g/mol. The molecule has 1 aromatic carbocycles. The van der Waals surface area contributed by atoms with Gasteiger partial charge >= 0.3 is 0 Å². The summed E-state index contributed by atoms with van der Waals surface area (Å²) in [4.78, 5) is 38.5. The lowest BCUT2D eigenvalue weighted by molar-refractivity contribution is 0.0767. The number of nitrogens with zero attached hydrogens (tertiary/aromatic N) is 4. The minimum absolute atomic E-state index is 0.120. The molecule has 1 fully saturated rings. The van der Waals surface area contributed by atoms with Gasteiger partial charge in [0.25, 0.3) is 17.8 Å². The van der Waals surface area contributed by atoms with Gasteiger partial charge in [-0.25, -0.2) is 9.97 Å². The van der Waals surface area contributed by atoms with E-state index in [0.29, 0.717) is 52.5 Å². The molecule has 2 aliphatic heterocycles. The molecule has 2 aliphatic rings. The van der Waals surface area contributed by atoms with Gasteiger partial charge in [-0.1, -0.05) is 23.7 Å². The largest absolute Gasteiger partial charge is 0.463 e. The molecule has 11 heteroatoms. The van der Waals surface area contributed by atoms with Crippen molar-refractivity contribution in [2.24, 2.45) is 0 Å². The number of carbonyl (C=O) groups is 2. The number of hydrogen-bond acceptors (Lipinski definition) is 7. The molecule has 0 unspecified atom stereocenters. The molecule has 3 aromatic rings. The molecular formula is C22H19ClN6O3S. The van der Waals surface area contributed by atoms with Crippen LogP contribution in [0.5, 0.6) is 0 Å². The van der Waals surface area contributed by atoms with Gasteiger partial charge in [0.2, 0.25) is 0 Å². The Morgan fingerprint density at radius 1 is 1.30 bits per heavy atom. The number of ether oxygens (including phenoxy) is 1. The van der Waals surface area contributed by atoms with Crippen molar-refractivity contribution in [3.63, 3.8) is 0 Å². The Balaban J connectivity index is 1.37. The number of carbonyl (C=O) groups excluding carboxylic acids is 2. The van der Waals surface area contributed by atoms with Crippen molar-refractivity contribution >= 4 is 52.3 Å². The van der Waals surface area contributed by atoms with Crippen LogP contribution >= 0.6 is 22.9 Å². The van der Waals surface area contributed by atoms with E-state index in [4.69, 9.17) is 21.7 Å². The average Bonchev–Trinajstić information content (AvgIpc) is 3.48. The second-order valence-corrected chi connectivity index (χ2v) is 9.35. The molecular weight excluding hydrogens is 464 g/mol. The number of amides is 2. The number of fused-ring (bicyclic) bond motifs is 1. The van der Waals surface area contributed by atoms with Crippen molar-refractivity contribution in [2.75, 3.05) is 23.4 Å². The normalized spacial score (nSPS) is 15.1. The van der Waals surface area contributed by atoms with Crippen LogP contribution in [0.25, 0.3) is 0 Å². The summed E-state index contributed by atoms with van der Waals surface area (Å²) in [7, 11) is 0. The first-order chi connectivity index (χ1) is 15.9. The molecule has 2 amide bonds. The summed E-state index contributed by atoms with van der Waals surface area (Å²) in [6.07, 6.45) is 0. The molecule has 1 saturated heterocycles. The highest BCUT2D eigenvalue weighted by Gasteiger charge is 2.33. The summed E-state index contributed by atoms with van der Waals surface area (Å²) in [5.41, 5.74) is 2.65. The fourth-order valence-electron chi connectivity index (χ4n) is 3.91. The summed E-state index contributed by atoms with van der Waals surface area (Å²) in [5, 5.41) is 10.7. The first kappa shape index (κ1) is 21.4. The number of anilines is 2. The zero-order chi connectivity index (χ0) is 23.1. The molecule has 9 nitrogen and oxygen atoms in total. The number of halogens is 1. The van der Waals surface area contributed by atoms with Crippen LogP contribution in [0.4, 0.5) is 11.5 Å². The fraction of sp³-hybridized carbons (Fsp3) is 0.227. The van der Waals surface area contributed by atoms with Crippen molar-refractivity contribution < 1.29 is 14.3 Å². The number of nitrogens with one attached hydrogen (secondary N) is 2. The predicted molar refractivity (Wildman–Crippen MR) is 125 cm³/mol. The number of amidine groups is 1. The standard InChI is InChI=1S/C22H19ClN6O3S/c1-12-25-15-11-28(10-13-3-2-4-14(9-13)29-7-8-32-22(29)24)21(31)18(15)19(26-12)27-20(30)16-5-6-17(23)33-16/h2-6,9,24H,7-8,10-11H2,1H3,(H,25,26,27,30). The molecule has 2 aromatic heterocycles. The molecule has 0 bridgehead atoms. The first-order valence-electron chi connectivity index (χ1n) is 10.2. The Bertz CT molecular complexity index is 1290. The van der Waals surface area contributed by atoms with Gasteiger partial charge in [-0.3, -0.25) is 19.9 Å². The lowest BCUT2D eigenvalue weighted by Crippen LogP contribution is -2.26. The van der Waals surface area contributed by atoms with Crippen molar-refractivity contribution in [3.05, 3.63) is 68.3 Å². The highest BCUT2D eigenvalue weighted by atomic mass is 35.5. The maximum atomic E-state index is 13.3. The summed E-state index contributed by atoms with van der Waals surface area (Å²) >= 11 is 7.09. The average molecular weight is 483 g/mol. The molecule has 168 valence electrons. The third-order valence-electron chi connectivity index (χ3n) is 5.36. The van der Waals surface area contributed by atoms with Gasteiger partial charge in [-0.05, 0) is 36.8 Å². The van der Waals surface area contributed by atoms with Crippen LogP contribution in [-0.2, 0) is 17.8 Å². The van der Waals surface area contributed by atoms with E-state index in [1.165, 1.54) is 0 Å². The van der Waals surface area contributed by atoms with Crippen molar-refractivity contribution in [1.29, 1.82) is 5.41 Å². The van der Waals surface area contributed by atoms with Gasteiger partial charge in [-0.15, -0.1) is 11.3 Å². The molecule has 2 N–H and O–H groups in total. The Morgan fingerprint density at radius 2 is 2.15 bits per heavy atom. The highest BCUT2D eigenvalue weighted by molar-refractivity contribution is 7.18. The Hall–Kier alpha value is -3.50. The Morgan fingerprint density at radius 3 is 2.88 bits per heavy atom. The third-order valence-corrected chi connectivity index (χ3v) is 6.59. The zero-order valence-electron chi connectivity index (χ0n) is 17.6. The van der Waals surface area contributed by atoms with Gasteiger partial charge in [0.05, 0.1) is 28.0 Å². The molecule has 4 heterocycles. The number of rotatable bonds is 5. The molecule has 33 heavy (non-hydrogen) atoms. The van der Waals surface area contributed by atoms with Crippen LogP contribution in [0.1, 0.15) is 37.1 Å². The Kier molecular flexibility index (Phi) is 5.47. The minimum Gasteiger partial charge on any atom is -0.463 e. The lowest BCUT2D eigenvalue weighted by Gasteiger charge is -2.19. The number of benzene rings is 1. The van der Waals surface area contributed by atoms with E-state index >= 15 is 0 Å². The van der Waals surface area contributed by atoms with E-state index in [2.05, 4.69) is 15.3 Å². The van der Waals surface area contributed by atoms with Crippen LogP contribution in [-0.4, -0.2) is 45.9 Å². The number of thiophene rings is 1. The molecule has 0 radical (unpaired) electrons. The maximum absolute atomic E-state index is 13.3.